The topological polar surface area (TPSA) is 74.8 Å². The lowest BCUT2D eigenvalue weighted by Crippen LogP contribution is -2.37. The second kappa shape index (κ2) is 6.08. The number of nitrogens with zero attached hydrogens (tertiary/aromatic N) is 1. The van der Waals surface area contributed by atoms with Crippen LogP contribution in [0, 0.1) is 0 Å². The van der Waals surface area contributed by atoms with Crippen LogP contribution in [0.2, 0.25) is 0 Å². The van der Waals surface area contributed by atoms with Crippen molar-refractivity contribution in [2.75, 3.05) is 0 Å². The predicted molar refractivity (Wildman–Crippen MR) is 81.3 cm³/mol. The molecule has 21 heavy (non-hydrogen) atoms. The predicted octanol–water partition coefficient (Wildman–Crippen LogP) is 2.38. The van der Waals surface area contributed by atoms with E-state index in [4.69, 9.17) is 0 Å². The first-order valence-electron chi connectivity index (χ1n) is 7.54. The van der Waals surface area contributed by atoms with Gasteiger partial charge in [0.15, 0.2) is 5.69 Å². The van der Waals surface area contributed by atoms with Gasteiger partial charge in [0.05, 0.1) is 5.52 Å². The second-order valence-corrected chi connectivity index (χ2v) is 5.61. The van der Waals surface area contributed by atoms with Crippen molar-refractivity contribution in [1.82, 2.24) is 15.5 Å². The number of carbonyl (C=O) groups is 1. The summed E-state index contributed by atoms with van der Waals surface area (Å²) in [5, 5.41) is 10.2. The lowest BCUT2D eigenvalue weighted by molar-refractivity contribution is 0.0926. The molecule has 5 heteroatoms. The maximum atomic E-state index is 12.3. The molecule has 0 radical (unpaired) electrons. The highest BCUT2D eigenvalue weighted by Crippen LogP contribution is 2.17. The Morgan fingerprint density at radius 2 is 1.86 bits per heavy atom. The standard InChI is InChI=1S/C16H19N3O2/c20-15-12-9-5-6-10-13(12)18-19-14(15)16(21)17-11-7-3-1-2-4-8-11/h5-6,9-11H,1-4,7-8H2,(H,17,21)(H,18,20). The van der Waals surface area contributed by atoms with Crippen LogP contribution >= 0.6 is 0 Å². The number of H-pyrrole nitrogens is 1. The fraction of sp³-hybridized carbons (Fsp3) is 0.438. The number of nitrogens with one attached hydrogen (secondary N) is 2. The van der Waals surface area contributed by atoms with E-state index in [0.29, 0.717) is 10.9 Å². The van der Waals surface area contributed by atoms with Crippen LogP contribution in [0.25, 0.3) is 10.9 Å². The highest BCUT2D eigenvalue weighted by molar-refractivity contribution is 5.95. The monoisotopic (exact) mass is 285 g/mol. The van der Waals surface area contributed by atoms with E-state index in [2.05, 4.69) is 15.5 Å². The van der Waals surface area contributed by atoms with E-state index in [-0.39, 0.29) is 23.1 Å². The van der Waals surface area contributed by atoms with Gasteiger partial charge >= 0.3 is 0 Å². The third kappa shape index (κ3) is 2.96. The summed E-state index contributed by atoms with van der Waals surface area (Å²) in [5.41, 5.74) is 0.293. The Labute approximate surface area is 122 Å². The fourth-order valence-corrected chi connectivity index (χ4v) is 2.90. The van der Waals surface area contributed by atoms with Crippen molar-refractivity contribution >= 4 is 16.8 Å². The third-order valence-electron chi connectivity index (χ3n) is 4.08. The molecule has 0 unspecified atom stereocenters. The summed E-state index contributed by atoms with van der Waals surface area (Å²) in [5.74, 6) is -0.367. The zero-order valence-corrected chi connectivity index (χ0v) is 11.9. The molecule has 0 aliphatic heterocycles. The summed E-state index contributed by atoms with van der Waals surface area (Å²) in [6.45, 7) is 0. The highest BCUT2D eigenvalue weighted by atomic mass is 16.2. The molecule has 1 aromatic carbocycles. The third-order valence-corrected chi connectivity index (χ3v) is 4.08. The number of aromatic amines is 1. The van der Waals surface area contributed by atoms with Crippen molar-refractivity contribution in [2.45, 2.75) is 44.6 Å². The first-order valence-corrected chi connectivity index (χ1v) is 7.54. The molecule has 1 aliphatic carbocycles. The Balaban J connectivity index is 1.84. The molecule has 5 nitrogen and oxygen atoms in total. The summed E-state index contributed by atoms with van der Waals surface area (Å²) in [6.07, 6.45) is 6.68. The molecule has 2 N–H and O–H groups in total. The average Bonchev–Trinajstić information content (AvgIpc) is 2.76. The lowest BCUT2D eigenvalue weighted by Gasteiger charge is -2.15. The second-order valence-electron chi connectivity index (χ2n) is 5.61. The number of rotatable bonds is 2. The van der Waals surface area contributed by atoms with E-state index in [9.17, 15) is 9.59 Å². The smallest absolute Gasteiger partial charge is 0.276 e. The maximum Gasteiger partial charge on any atom is 0.276 e. The number of amides is 1. The van der Waals surface area contributed by atoms with Gasteiger partial charge in [0.1, 0.15) is 0 Å². The molecule has 0 saturated heterocycles. The van der Waals surface area contributed by atoms with Crippen LogP contribution in [-0.4, -0.2) is 22.1 Å². The SMILES string of the molecule is O=C(NC1CCCCCC1)c1n[nH]c2ccccc2c1=O. The van der Waals surface area contributed by atoms with Gasteiger partial charge in [-0.25, -0.2) is 0 Å². The van der Waals surface area contributed by atoms with Crippen LogP contribution in [-0.2, 0) is 0 Å². The van der Waals surface area contributed by atoms with Crippen molar-refractivity contribution in [1.29, 1.82) is 0 Å². The van der Waals surface area contributed by atoms with E-state index in [1.165, 1.54) is 12.8 Å². The zero-order chi connectivity index (χ0) is 14.7. The van der Waals surface area contributed by atoms with E-state index in [0.717, 1.165) is 25.7 Å². The molecule has 1 aliphatic rings. The molecule has 0 atom stereocenters. The van der Waals surface area contributed by atoms with E-state index < -0.39 is 0 Å². The molecule has 0 spiro atoms. The molecule has 2 aromatic rings. The minimum atomic E-state index is -0.367. The van der Waals surface area contributed by atoms with Crippen molar-refractivity contribution in [2.24, 2.45) is 0 Å². The lowest BCUT2D eigenvalue weighted by atomic mass is 10.1. The molecule has 1 amide bonds. The van der Waals surface area contributed by atoms with Crippen molar-refractivity contribution < 1.29 is 4.79 Å². The summed E-state index contributed by atoms with van der Waals surface area (Å²) < 4.78 is 0. The van der Waals surface area contributed by atoms with Gasteiger partial charge in [0.25, 0.3) is 5.91 Å². The van der Waals surface area contributed by atoms with Gasteiger partial charge in [0.2, 0.25) is 5.43 Å². The van der Waals surface area contributed by atoms with Gasteiger partial charge in [-0.2, -0.15) is 5.10 Å². The van der Waals surface area contributed by atoms with Crippen LogP contribution in [0.5, 0.6) is 0 Å². The highest BCUT2D eigenvalue weighted by Gasteiger charge is 2.19. The Bertz CT molecular complexity index is 700. The van der Waals surface area contributed by atoms with E-state index in [1.807, 2.05) is 6.07 Å². The number of para-hydroxylation sites is 1. The number of aromatic nitrogens is 2. The molecule has 110 valence electrons. The van der Waals surface area contributed by atoms with Crippen molar-refractivity contribution in [3.63, 3.8) is 0 Å². The first-order chi connectivity index (χ1) is 10.3. The summed E-state index contributed by atoms with van der Waals surface area (Å²) >= 11 is 0. The average molecular weight is 285 g/mol. The Morgan fingerprint density at radius 3 is 2.62 bits per heavy atom. The first kappa shape index (κ1) is 13.8. The Hall–Kier alpha value is -2.17. The summed E-state index contributed by atoms with van der Waals surface area (Å²) in [6, 6.07) is 7.25. The molecule has 1 fully saturated rings. The van der Waals surface area contributed by atoms with Gasteiger partial charge in [-0.05, 0) is 25.0 Å². The molecule has 1 aromatic heterocycles. The van der Waals surface area contributed by atoms with Crippen LogP contribution in [0.3, 0.4) is 0 Å². The van der Waals surface area contributed by atoms with Gasteiger partial charge < -0.3 is 5.32 Å². The number of hydrogen-bond donors (Lipinski definition) is 2. The number of fused-ring (bicyclic) bond motifs is 1. The number of hydrogen-bond acceptors (Lipinski definition) is 3. The number of carbonyl (C=O) groups excluding carboxylic acids is 1. The van der Waals surface area contributed by atoms with Gasteiger partial charge in [0, 0.05) is 11.4 Å². The molecule has 0 bridgehead atoms. The van der Waals surface area contributed by atoms with Crippen molar-refractivity contribution in [3.8, 4) is 0 Å². The van der Waals surface area contributed by atoms with Gasteiger partial charge in [-0.15, -0.1) is 0 Å². The molecule has 1 heterocycles. The van der Waals surface area contributed by atoms with Crippen LogP contribution in [0.15, 0.2) is 29.1 Å². The summed E-state index contributed by atoms with van der Waals surface area (Å²) in [7, 11) is 0. The van der Waals surface area contributed by atoms with E-state index >= 15 is 0 Å². The number of benzene rings is 1. The van der Waals surface area contributed by atoms with E-state index in [1.54, 1.807) is 18.2 Å². The molecular weight excluding hydrogens is 266 g/mol. The Kier molecular flexibility index (Phi) is 3.99. The maximum absolute atomic E-state index is 12.3. The van der Waals surface area contributed by atoms with Crippen LogP contribution in [0.4, 0.5) is 0 Å². The minimum Gasteiger partial charge on any atom is -0.348 e. The van der Waals surface area contributed by atoms with Crippen LogP contribution in [0.1, 0.15) is 49.0 Å². The normalized spacial score (nSPS) is 16.6. The quantitative estimate of drug-likeness (QED) is 0.832. The fourth-order valence-electron chi connectivity index (χ4n) is 2.90. The largest absolute Gasteiger partial charge is 0.348 e. The van der Waals surface area contributed by atoms with Gasteiger partial charge in [-0.1, -0.05) is 37.8 Å². The molecule has 3 rings (SSSR count). The van der Waals surface area contributed by atoms with Crippen molar-refractivity contribution in [3.05, 3.63) is 40.2 Å². The zero-order valence-electron chi connectivity index (χ0n) is 11.9. The molecule has 1 saturated carbocycles. The van der Waals surface area contributed by atoms with Gasteiger partial charge in [-0.3, -0.25) is 14.7 Å². The van der Waals surface area contributed by atoms with Crippen LogP contribution < -0.4 is 10.7 Å². The summed E-state index contributed by atoms with van der Waals surface area (Å²) in [4.78, 5) is 24.6. The molecular formula is C16H19N3O2. The Morgan fingerprint density at radius 1 is 1.14 bits per heavy atom. The minimum absolute atomic E-state index is 0.0436.